The Morgan fingerprint density at radius 1 is 1.40 bits per heavy atom. The van der Waals surface area contributed by atoms with Gasteiger partial charge in [0.05, 0.1) is 13.2 Å². The molecule has 0 aromatic carbocycles. The second-order valence-corrected chi connectivity index (χ2v) is 7.15. The van der Waals surface area contributed by atoms with Crippen LogP contribution in [-0.2, 0) is 21.4 Å². The Morgan fingerprint density at radius 2 is 2.00 bits per heavy atom. The fourth-order valence-electron chi connectivity index (χ4n) is 1.99. The standard InChI is InChI=1S/C13H24N2O4S/c1-10(2)15-7-13(6-12(15)8-16)20(17,18)14(4)11(3)9-19-5/h6-7,10-11,16H,8-9H2,1-5H3. The van der Waals surface area contributed by atoms with Crippen molar-refractivity contribution in [3.8, 4) is 0 Å². The quantitative estimate of drug-likeness (QED) is 0.822. The topological polar surface area (TPSA) is 71.8 Å². The molecule has 0 aliphatic heterocycles. The van der Waals surface area contributed by atoms with Crippen LogP contribution in [0.1, 0.15) is 32.5 Å². The molecule has 1 unspecified atom stereocenters. The first-order valence-electron chi connectivity index (χ1n) is 6.54. The number of methoxy groups -OCH3 is 1. The third-order valence-corrected chi connectivity index (χ3v) is 5.27. The normalized spacial score (nSPS) is 14.2. The van der Waals surface area contributed by atoms with E-state index in [0.717, 1.165) is 0 Å². The van der Waals surface area contributed by atoms with Crippen molar-refractivity contribution in [1.29, 1.82) is 0 Å². The van der Waals surface area contributed by atoms with Gasteiger partial charge in [0.15, 0.2) is 0 Å². The summed E-state index contributed by atoms with van der Waals surface area (Å²) in [4.78, 5) is 0.195. The summed E-state index contributed by atoms with van der Waals surface area (Å²) in [5.74, 6) is 0. The van der Waals surface area contributed by atoms with Gasteiger partial charge in [0.25, 0.3) is 0 Å². The summed E-state index contributed by atoms with van der Waals surface area (Å²) in [5.41, 5.74) is 0.589. The summed E-state index contributed by atoms with van der Waals surface area (Å²) in [6.07, 6.45) is 1.57. The monoisotopic (exact) mass is 304 g/mol. The van der Waals surface area contributed by atoms with Gasteiger partial charge in [-0.1, -0.05) is 0 Å². The zero-order valence-electron chi connectivity index (χ0n) is 12.7. The minimum Gasteiger partial charge on any atom is -0.390 e. The molecule has 0 bridgehead atoms. The SMILES string of the molecule is COCC(C)N(C)S(=O)(=O)c1cc(CO)n(C(C)C)c1. The number of likely N-dealkylation sites (N-methyl/N-ethyl adjacent to an activating group) is 1. The van der Waals surface area contributed by atoms with Crippen molar-refractivity contribution < 1.29 is 18.3 Å². The Hall–Kier alpha value is -0.890. The third kappa shape index (κ3) is 3.41. The summed E-state index contributed by atoms with van der Waals surface area (Å²) in [7, 11) is -0.514. The van der Waals surface area contributed by atoms with Crippen LogP contribution in [-0.4, -0.2) is 49.2 Å². The highest BCUT2D eigenvalue weighted by atomic mass is 32.2. The summed E-state index contributed by atoms with van der Waals surface area (Å²) in [6, 6.07) is 1.35. The summed E-state index contributed by atoms with van der Waals surface area (Å²) < 4.78 is 33.1. The molecule has 1 rings (SSSR count). The molecule has 0 amide bonds. The molecule has 0 saturated carbocycles. The van der Waals surface area contributed by atoms with E-state index in [2.05, 4.69) is 0 Å². The maximum absolute atomic E-state index is 12.5. The van der Waals surface area contributed by atoms with Crippen molar-refractivity contribution in [2.24, 2.45) is 0 Å². The number of hydrogen-bond acceptors (Lipinski definition) is 4. The molecule has 1 N–H and O–H groups in total. The number of hydrogen-bond donors (Lipinski definition) is 1. The van der Waals surface area contributed by atoms with Crippen LogP contribution in [0.5, 0.6) is 0 Å². The van der Waals surface area contributed by atoms with Gasteiger partial charge in [-0.3, -0.25) is 0 Å². The van der Waals surface area contributed by atoms with Crippen molar-refractivity contribution in [2.75, 3.05) is 20.8 Å². The van der Waals surface area contributed by atoms with Gasteiger partial charge in [-0.2, -0.15) is 4.31 Å². The minimum atomic E-state index is -3.58. The number of sulfonamides is 1. The molecule has 1 atom stereocenters. The second-order valence-electron chi connectivity index (χ2n) is 5.15. The average Bonchev–Trinajstić information content (AvgIpc) is 2.82. The second kappa shape index (κ2) is 6.71. The molecule has 1 aromatic rings. The number of aromatic nitrogens is 1. The van der Waals surface area contributed by atoms with Crippen LogP contribution >= 0.6 is 0 Å². The van der Waals surface area contributed by atoms with E-state index >= 15 is 0 Å². The predicted molar refractivity (Wildman–Crippen MR) is 77.0 cm³/mol. The zero-order valence-corrected chi connectivity index (χ0v) is 13.5. The lowest BCUT2D eigenvalue weighted by Gasteiger charge is -2.23. The Morgan fingerprint density at radius 3 is 2.40 bits per heavy atom. The molecule has 116 valence electrons. The van der Waals surface area contributed by atoms with E-state index in [9.17, 15) is 13.5 Å². The Kier molecular flexibility index (Phi) is 5.76. The largest absolute Gasteiger partial charge is 0.390 e. The van der Waals surface area contributed by atoms with E-state index in [1.54, 1.807) is 17.7 Å². The van der Waals surface area contributed by atoms with Crippen molar-refractivity contribution in [3.63, 3.8) is 0 Å². The lowest BCUT2D eigenvalue weighted by molar-refractivity contribution is 0.149. The van der Waals surface area contributed by atoms with Crippen molar-refractivity contribution in [2.45, 2.75) is 44.4 Å². The molecule has 6 nitrogen and oxygen atoms in total. The Bertz CT molecular complexity index is 537. The minimum absolute atomic E-state index is 0.0859. The molecule has 0 radical (unpaired) electrons. The van der Waals surface area contributed by atoms with Gasteiger partial charge in [-0.15, -0.1) is 0 Å². The van der Waals surface area contributed by atoms with Crippen LogP contribution in [0.2, 0.25) is 0 Å². The highest BCUT2D eigenvalue weighted by molar-refractivity contribution is 7.89. The lowest BCUT2D eigenvalue weighted by atomic mass is 10.3. The number of aliphatic hydroxyl groups excluding tert-OH is 1. The first-order chi connectivity index (χ1) is 9.25. The molecule has 1 heterocycles. The van der Waals surface area contributed by atoms with Gasteiger partial charge in [0.1, 0.15) is 4.90 Å². The van der Waals surface area contributed by atoms with Gasteiger partial charge in [0, 0.05) is 38.1 Å². The molecular formula is C13H24N2O4S. The van der Waals surface area contributed by atoms with Crippen LogP contribution < -0.4 is 0 Å². The zero-order chi connectivity index (χ0) is 15.5. The van der Waals surface area contributed by atoms with Crippen LogP contribution in [0.15, 0.2) is 17.2 Å². The molecule has 0 aliphatic rings. The van der Waals surface area contributed by atoms with Gasteiger partial charge < -0.3 is 14.4 Å². The number of rotatable bonds is 7. The maximum Gasteiger partial charge on any atom is 0.244 e. The first-order valence-corrected chi connectivity index (χ1v) is 7.98. The van der Waals surface area contributed by atoms with E-state index < -0.39 is 10.0 Å². The molecule has 1 aromatic heterocycles. The van der Waals surface area contributed by atoms with Crippen molar-refractivity contribution >= 4 is 10.0 Å². The van der Waals surface area contributed by atoms with Crippen LogP contribution in [0.25, 0.3) is 0 Å². The van der Waals surface area contributed by atoms with Gasteiger partial charge in [-0.25, -0.2) is 8.42 Å². The van der Waals surface area contributed by atoms with E-state index in [1.807, 2.05) is 13.8 Å². The number of nitrogens with zero attached hydrogens (tertiary/aromatic N) is 2. The van der Waals surface area contributed by atoms with Crippen molar-refractivity contribution in [3.05, 3.63) is 18.0 Å². The van der Waals surface area contributed by atoms with Crippen LogP contribution in [0.3, 0.4) is 0 Å². The Balaban J connectivity index is 3.16. The third-order valence-electron chi connectivity index (χ3n) is 3.33. The van der Waals surface area contributed by atoms with E-state index in [-0.39, 0.29) is 23.6 Å². The smallest absolute Gasteiger partial charge is 0.244 e. The molecule has 20 heavy (non-hydrogen) atoms. The molecule has 0 fully saturated rings. The highest BCUT2D eigenvalue weighted by Gasteiger charge is 2.27. The number of aliphatic hydroxyl groups is 1. The van der Waals surface area contributed by atoms with Gasteiger partial charge in [-0.05, 0) is 26.8 Å². The molecule has 0 aliphatic carbocycles. The van der Waals surface area contributed by atoms with E-state index in [1.165, 1.54) is 24.5 Å². The summed E-state index contributed by atoms with van der Waals surface area (Å²) in [6.45, 7) is 5.80. The van der Waals surface area contributed by atoms with Crippen molar-refractivity contribution in [1.82, 2.24) is 8.87 Å². The molecule has 7 heteroatoms. The first kappa shape index (κ1) is 17.2. The molecule has 0 saturated heterocycles. The van der Waals surface area contributed by atoms with Crippen LogP contribution in [0, 0.1) is 0 Å². The fourth-order valence-corrected chi connectivity index (χ4v) is 3.39. The molecular weight excluding hydrogens is 280 g/mol. The van der Waals surface area contributed by atoms with Gasteiger partial charge >= 0.3 is 0 Å². The Labute approximate surface area is 121 Å². The number of ether oxygens (including phenoxy) is 1. The maximum atomic E-state index is 12.5. The summed E-state index contributed by atoms with van der Waals surface area (Å²) >= 11 is 0. The summed E-state index contributed by atoms with van der Waals surface area (Å²) in [5, 5.41) is 9.33. The van der Waals surface area contributed by atoms with E-state index in [4.69, 9.17) is 4.74 Å². The van der Waals surface area contributed by atoms with Gasteiger partial charge in [0.2, 0.25) is 10.0 Å². The highest BCUT2D eigenvalue weighted by Crippen LogP contribution is 2.22. The van der Waals surface area contributed by atoms with Crippen LogP contribution in [0.4, 0.5) is 0 Å². The average molecular weight is 304 g/mol. The lowest BCUT2D eigenvalue weighted by Crippen LogP contribution is -2.37. The molecule has 0 spiro atoms. The van der Waals surface area contributed by atoms with E-state index in [0.29, 0.717) is 12.3 Å². The fraction of sp³-hybridized carbons (Fsp3) is 0.692. The predicted octanol–water partition coefficient (Wildman–Crippen LogP) is 1.22.